The van der Waals surface area contributed by atoms with Gasteiger partial charge in [-0.15, -0.1) is 0 Å². The van der Waals surface area contributed by atoms with Gasteiger partial charge in [-0.05, 0) is 23.6 Å². The molecule has 0 fully saturated rings. The highest BCUT2D eigenvalue weighted by Gasteiger charge is 2.19. The molecule has 0 radical (unpaired) electrons. The second kappa shape index (κ2) is 5.51. The quantitative estimate of drug-likeness (QED) is 0.871. The third-order valence-electron chi connectivity index (χ3n) is 2.55. The Morgan fingerprint density at radius 3 is 2.47 bits per heavy atom. The van der Waals surface area contributed by atoms with Crippen LogP contribution in [0.25, 0.3) is 0 Å². The van der Waals surface area contributed by atoms with Gasteiger partial charge >= 0.3 is 0 Å². The van der Waals surface area contributed by atoms with Gasteiger partial charge in [0.25, 0.3) is 0 Å². The van der Waals surface area contributed by atoms with Gasteiger partial charge in [-0.2, -0.15) is 0 Å². The van der Waals surface area contributed by atoms with E-state index in [0.29, 0.717) is 11.7 Å². The first-order valence-electron chi connectivity index (χ1n) is 5.44. The average molecular weight is 258 g/mol. The minimum absolute atomic E-state index is 0.137. The topological polar surface area (TPSA) is 63.6 Å². The zero-order chi connectivity index (χ0) is 13.1. The minimum Gasteiger partial charge on any atom is -0.495 e. The molecule has 96 valence electrons. The third-order valence-corrected chi connectivity index (χ3v) is 4.28. The van der Waals surface area contributed by atoms with Crippen LogP contribution >= 0.6 is 0 Å². The predicted molar refractivity (Wildman–Crippen MR) is 66.2 cm³/mol. The summed E-state index contributed by atoms with van der Waals surface area (Å²) in [5.74, 6) is 0.354. The molecule has 0 aliphatic rings. The molecule has 0 amide bonds. The fraction of sp³-hybridized carbons (Fsp3) is 0.500. The zero-order valence-corrected chi connectivity index (χ0v) is 11.1. The van der Waals surface area contributed by atoms with Crippen molar-refractivity contribution in [3.8, 4) is 5.75 Å². The second-order valence-corrected chi connectivity index (χ2v) is 6.19. The lowest BCUT2D eigenvalue weighted by atomic mass is 10.0. The van der Waals surface area contributed by atoms with E-state index in [4.69, 9.17) is 9.84 Å². The molecule has 4 nitrogen and oxygen atoms in total. The van der Waals surface area contributed by atoms with Gasteiger partial charge in [0.05, 0.1) is 19.5 Å². The standard InChI is InChI=1S/C12H18O4S/c1-9(2)10-4-5-12(11(8-10)16-3)17(14,15)7-6-13/h4-5,8-9,13H,6-7H2,1-3H3. The first-order valence-corrected chi connectivity index (χ1v) is 7.09. The zero-order valence-electron chi connectivity index (χ0n) is 10.3. The summed E-state index contributed by atoms with van der Waals surface area (Å²) in [7, 11) is -2.03. The van der Waals surface area contributed by atoms with Gasteiger partial charge in [-0.1, -0.05) is 19.9 Å². The van der Waals surface area contributed by atoms with Crippen molar-refractivity contribution in [2.24, 2.45) is 0 Å². The first kappa shape index (κ1) is 14.0. The van der Waals surface area contributed by atoms with E-state index in [-0.39, 0.29) is 10.6 Å². The van der Waals surface area contributed by atoms with Crippen molar-refractivity contribution in [2.75, 3.05) is 19.5 Å². The van der Waals surface area contributed by atoms with Crippen LogP contribution in [0.1, 0.15) is 25.3 Å². The van der Waals surface area contributed by atoms with Gasteiger partial charge in [0, 0.05) is 0 Å². The summed E-state index contributed by atoms with van der Waals surface area (Å²) in [6, 6.07) is 5.05. The van der Waals surface area contributed by atoms with Crippen molar-refractivity contribution < 1.29 is 18.3 Å². The molecular weight excluding hydrogens is 240 g/mol. The molecular formula is C12H18O4S. The summed E-state index contributed by atoms with van der Waals surface area (Å²) in [5.41, 5.74) is 1.02. The average Bonchev–Trinajstić information content (AvgIpc) is 2.28. The molecule has 0 aliphatic heterocycles. The molecule has 0 atom stereocenters. The maximum Gasteiger partial charge on any atom is 0.184 e. The van der Waals surface area contributed by atoms with E-state index < -0.39 is 16.4 Å². The Balaban J connectivity index is 3.27. The van der Waals surface area contributed by atoms with Crippen molar-refractivity contribution in [3.63, 3.8) is 0 Å². The lowest BCUT2D eigenvalue weighted by molar-refractivity contribution is 0.319. The van der Waals surface area contributed by atoms with Crippen LogP contribution in [0.3, 0.4) is 0 Å². The van der Waals surface area contributed by atoms with Crippen molar-refractivity contribution in [3.05, 3.63) is 23.8 Å². The van der Waals surface area contributed by atoms with E-state index in [2.05, 4.69) is 0 Å². The molecule has 0 aliphatic carbocycles. The van der Waals surface area contributed by atoms with Gasteiger partial charge in [0.15, 0.2) is 9.84 Å². The summed E-state index contributed by atoms with van der Waals surface area (Å²) in [5, 5.41) is 8.75. The van der Waals surface area contributed by atoms with Crippen molar-refractivity contribution in [1.29, 1.82) is 0 Å². The minimum atomic E-state index is -3.47. The highest BCUT2D eigenvalue weighted by molar-refractivity contribution is 7.91. The number of sulfone groups is 1. The van der Waals surface area contributed by atoms with Crippen LogP contribution in [0.5, 0.6) is 5.75 Å². The number of ether oxygens (including phenoxy) is 1. The first-order chi connectivity index (χ1) is 7.92. The number of benzene rings is 1. The monoisotopic (exact) mass is 258 g/mol. The Hall–Kier alpha value is -1.07. The number of rotatable bonds is 5. The molecule has 1 aromatic carbocycles. The van der Waals surface area contributed by atoms with E-state index in [1.165, 1.54) is 7.11 Å². The number of hydrogen-bond donors (Lipinski definition) is 1. The summed E-state index contributed by atoms with van der Waals surface area (Å²) in [6.45, 7) is 3.66. The highest BCUT2D eigenvalue weighted by Crippen LogP contribution is 2.28. The molecule has 0 aromatic heterocycles. The predicted octanol–water partition coefficient (Wildman–Crippen LogP) is 1.58. The Bertz CT molecular complexity index is 477. The van der Waals surface area contributed by atoms with Gasteiger partial charge in [0.1, 0.15) is 10.6 Å². The van der Waals surface area contributed by atoms with Gasteiger partial charge < -0.3 is 9.84 Å². The summed E-state index contributed by atoms with van der Waals surface area (Å²) in [4.78, 5) is 0.137. The fourth-order valence-electron chi connectivity index (χ4n) is 1.53. The molecule has 17 heavy (non-hydrogen) atoms. The Morgan fingerprint density at radius 1 is 1.35 bits per heavy atom. The van der Waals surface area contributed by atoms with Crippen LogP contribution in [0.2, 0.25) is 0 Å². The van der Waals surface area contributed by atoms with E-state index in [9.17, 15) is 8.42 Å². The lowest BCUT2D eigenvalue weighted by Crippen LogP contribution is -2.11. The number of aliphatic hydroxyl groups excluding tert-OH is 1. The van der Waals surface area contributed by atoms with Crippen LogP contribution in [0, 0.1) is 0 Å². The molecule has 0 unspecified atom stereocenters. The smallest absolute Gasteiger partial charge is 0.184 e. The number of methoxy groups -OCH3 is 1. The van der Waals surface area contributed by atoms with Crippen molar-refractivity contribution in [1.82, 2.24) is 0 Å². The third kappa shape index (κ3) is 3.20. The van der Waals surface area contributed by atoms with Crippen LogP contribution in [0.15, 0.2) is 23.1 Å². The number of aliphatic hydroxyl groups is 1. The summed E-state index contributed by atoms with van der Waals surface area (Å²) < 4.78 is 28.8. The second-order valence-electron chi connectivity index (χ2n) is 4.11. The Morgan fingerprint density at radius 2 is 2.00 bits per heavy atom. The van der Waals surface area contributed by atoms with Crippen molar-refractivity contribution >= 4 is 9.84 Å². The lowest BCUT2D eigenvalue weighted by Gasteiger charge is -2.12. The van der Waals surface area contributed by atoms with Crippen molar-refractivity contribution in [2.45, 2.75) is 24.7 Å². The maximum absolute atomic E-state index is 11.9. The molecule has 0 spiro atoms. The SMILES string of the molecule is COc1cc(C(C)C)ccc1S(=O)(=O)CCO. The van der Waals surface area contributed by atoms with Crippen LogP contribution in [-0.2, 0) is 9.84 Å². The molecule has 1 aromatic rings. The van der Waals surface area contributed by atoms with Crippen LogP contribution in [-0.4, -0.2) is 33.0 Å². The Kier molecular flexibility index (Phi) is 4.54. The van der Waals surface area contributed by atoms with Gasteiger partial charge in [-0.25, -0.2) is 8.42 Å². The number of hydrogen-bond acceptors (Lipinski definition) is 4. The summed E-state index contributed by atoms with van der Waals surface area (Å²) in [6.07, 6.45) is 0. The van der Waals surface area contributed by atoms with Crippen LogP contribution < -0.4 is 4.74 Å². The molecule has 0 saturated carbocycles. The molecule has 5 heteroatoms. The van der Waals surface area contributed by atoms with Gasteiger partial charge in [-0.3, -0.25) is 0 Å². The van der Waals surface area contributed by atoms with E-state index in [0.717, 1.165) is 5.56 Å². The molecule has 0 heterocycles. The fourth-order valence-corrected chi connectivity index (χ4v) is 2.71. The molecule has 0 saturated heterocycles. The molecule has 1 rings (SSSR count). The molecule has 1 N–H and O–H groups in total. The maximum atomic E-state index is 11.9. The highest BCUT2D eigenvalue weighted by atomic mass is 32.2. The van der Waals surface area contributed by atoms with E-state index >= 15 is 0 Å². The Labute approximate surface area is 102 Å². The normalized spacial score (nSPS) is 11.8. The molecule has 0 bridgehead atoms. The summed E-state index contributed by atoms with van der Waals surface area (Å²) >= 11 is 0. The van der Waals surface area contributed by atoms with E-state index in [1.54, 1.807) is 18.2 Å². The van der Waals surface area contributed by atoms with Crippen LogP contribution in [0.4, 0.5) is 0 Å². The van der Waals surface area contributed by atoms with Gasteiger partial charge in [0.2, 0.25) is 0 Å². The van der Waals surface area contributed by atoms with E-state index in [1.807, 2.05) is 13.8 Å². The largest absolute Gasteiger partial charge is 0.495 e.